The molecule has 0 bridgehead atoms. The van der Waals surface area contributed by atoms with Gasteiger partial charge in [0.1, 0.15) is 13.2 Å². The molecule has 60 valence electrons. The molecule has 0 amide bonds. The van der Waals surface area contributed by atoms with Crippen LogP contribution in [0.5, 0.6) is 0 Å². The minimum Gasteiger partial charge on any atom is -0.290 e. The first-order valence-electron chi connectivity index (χ1n) is 2.38. The van der Waals surface area contributed by atoms with Gasteiger partial charge in [-0.15, -0.1) is 0 Å². The summed E-state index contributed by atoms with van der Waals surface area (Å²) in [6.45, 7) is -5.55. The highest BCUT2D eigenvalue weighted by atomic mass is 35.7. The fraction of sp³-hybridized carbons (Fsp3) is 1.00. The molecule has 7 heteroatoms. The molecule has 0 unspecified atom stereocenters. The zero-order chi connectivity index (χ0) is 7.83. The average molecular weight is 192 g/mol. The monoisotopic (exact) mass is 192 g/mol. The van der Waals surface area contributed by atoms with Crippen molar-refractivity contribution in [3.05, 3.63) is 0 Å². The van der Waals surface area contributed by atoms with Crippen LogP contribution in [0.15, 0.2) is 0 Å². The first-order valence-corrected chi connectivity index (χ1v) is 4.83. The molecule has 1 rings (SSSR count). The number of halogens is 3. The first-order chi connectivity index (χ1) is 4.41. The van der Waals surface area contributed by atoms with Gasteiger partial charge in [-0.05, 0) is 0 Å². The van der Waals surface area contributed by atoms with E-state index in [9.17, 15) is 13.3 Å². The highest BCUT2D eigenvalue weighted by Gasteiger charge is 2.41. The smallest absolute Gasteiger partial charge is 0.290 e. The Hall–Kier alpha value is 0.300. The molecule has 0 saturated carbocycles. The van der Waals surface area contributed by atoms with E-state index in [1.54, 1.807) is 0 Å². The molecule has 0 N–H and O–H groups in total. The first kappa shape index (κ1) is 8.40. The lowest BCUT2D eigenvalue weighted by atomic mass is 10.4. The Kier molecular flexibility index (Phi) is 2.02. The van der Waals surface area contributed by atoms with Gasteiger partial charge in [0.15, 0.2) is 0 Å². The minimum absolute atomic E-state index is 0.937. The molecule has 1 saturated heterocycles. The van der Waals surface area contributed by atoms with Gasteiger partial charge in [-0.2, -0.15) is 0 Å². The van der Waals surface area contributed by atoms with Crippen LogP contribution in [0.1, 0.15) is 0 Å². The Morgan fingerprint density at radius 2 is 1.80 bits per heavy atom. The van der Waals surface area contributed by atoms with Crippen LogP contribution in [-0.4, -0.2) is 19.1 Å². The molecular weight excluding hydrogens is 188 g/mol. The van der Waals surface area contributed by atoms with Gasteiger partial charge in [0.25, 0.3) is 5.92 Å². The van der Waals surface area contributed by atoms with E-state index >= 15 is 0 Å². The highest BCUT2D eigenvalue weighted by molar-refractivity contribution is 7.81. The summed E-state index contributed by atoms with van der Waals surface area (Å²) in [7, 11) is 0. The quantitative estimate of drug-likeness (QED) is 0.551. The van der Waals surface area contributed by atoms with E-state index in [-0.39, 0.29) is 0 Å². The summed E-state index contributed by atoms with van der Waals surface area (Å²) in [5, 5.41) is 0. The summed E-state index contributed by atoms with van der Waals surface area (Å²) in [5.41, 5.74) is 0. The zero-order valence-corrected chi connectivity index (χ0v) is 6.37. The Morgan fingerprint density at radius 1 is 1.40 bits per heavy atom. The van der Waals surface area contributed by atoms with E-state index in [1.165, 1.54) is 0 Å². The van der Waals surface area contributed by atoms with Crippen LogP contribution in [0.2, 0.25) is 0 Å². The summed E-state index contributed by atoms with van der Waals surface area (Å²) < 4.78 is 42.8. The molecule has 0 aromatic carbocycles. The third kappa shape index (κ3) is 2.16. The normalized spacial score (nSPS) is 29.9. The number of rotatable bonds is 0. The van der Waals surface area contributed by atoms with Crippen molar-refractivity contribution in [1.82, 2.24) is 0 Å². The van der Waals surface area contributed by atoms with Gasteiger partial charge in [-0.1, -0.05) is 0 Å². The van der Waals surface area contributed by atoms with Gasteiger partial charge in [-0.25, -0.2) is 13.3 Å². The molecule has 10 heavy (non-hydrogen) atoms. The van der Waals surface area contributed by atoms with Gasteiger partial charge in [0.05, 0.1) is 0 Å². The lowest BCUT2D eigenvalue weighted by Gasteiger charge is -2.24. The van der Waals surface area contributed by atoms with Gasteiger partial charge >= 0.3 is 6.95 Å². The molecule has 0 atom stereocenters. The maximum atomic E-state index is 12.1. The Labute approximate surface area is 60.6 Å². The van der Waals surface area contributed by atoms with E-state index < -0.39 is 26.1 Å². The second kappa shape index (κ2) is 2.41. The van der Waals surface area contributed by atoms with Crippen molar-refractivity contribution in [2.24, 2.45) is 0 Å². The van der Waals surface area contributed by atoms with Crippen molar-refractivity contribution < 1.29 is 22.4 Å². The lowest BCUT2D eigenvalue weighted by Crippen LogP contribution is -2.32. The Balaban J connectivity index is 2.54. The number of alkyl halides is 2. The van der Waals surface area contributed by atoms with Crippen molar-refractivity contribution in [1.29, 1.82) is 0 Å². The van der Waals surface area contributed by atoms with E-state index in [0.717, 1.165) is 0 Å². The topological polar surface area (TPSA) is 35.5 Å². The minimum atomic E-state index is -3.67. The van der Waals surface area contributed by atoms with E-state index in [0.29, 0.717) is 0 Å². The molecule has 1 heterocycles. The number of hydrogen-bond donors (Lipinski definition) is 0. The molecule has 1 aliphatic heterocycles. The van der Waals surface area contributed by atoms with Gasteiger partial charge in [0.2, 0.25) is 0 Å². The van der Waals surface area contributed by atoms with Crippen molar-refractivity contribution in [3.63, 3.8) is 0 Å². The van der Waals surface area contributed by atoms with Crippen molar-refractivity contribution in [2.75, 3.05) is 13.2 Å². The van der Waals surface area contributed by atoms with E-state index in [2.05, 4.69) is 9.05 Å². The van der Waals surface area contributed by atoms with Crippen LogP contribution in [0.4, 0.5) is 8.78 Å². The van der Waals surface area contributed by atoms with E-state index in [1.807, 2.05) is 0 Å². The third-order valence-corrected chi connectivity index (χ3v) is 2.32. The van der Waals surface area contributed by atoms with Crippen molar-refractivity contribution in [2.45, 2.75) is 5.92 Å². The molecule has 0 aromatic heterocycles. The second-order valence-corrected chi connectivity index (χ2v) is 4.45. The van der Waals surface area contributed by atoms with Gasteiger partial charge < -0.3 is 0 Å². The van der Waals surface area contributed by atoms with Crippen LogP contribution >= 0.6 is 18.2 Å². The third-order valence-electron chi connectivity index (χ3n) is 0.860. The molecule has 1 aliphatic rings. The lowest BCUT2D eigenvalue weighted by molar-refractivity contribution is -0.100. The van der Waals surface area contributed by atoms with Gasteiger partial charge in [-0.3, -0.25) is 9.05 Å². The summed E-state index contributed by atoms with van der Waals surface area (Å²) in [5.74, 6) is -3.07. The largest absolute Gasteiger partial charge is 0.424 e. The second-order valence-electron chi connectivity index (χ2n) is 1.83. The molecular formula is C3H4ClF2O3P. The van der Waals surface area contributed by atoms with Crippen LogP contribution in [0, 0.1) is 0 Å². The fourth-order valence-corrected chi connectivity index (χ4v) is 1.48. The Morgan fingerprint density at radius 3 is 2.10 bits per heavy atom. The highest BCUT2D eigenvalue weighted by Crippen LogP contribution is 2.57. The molecule has 0 aromatic rings. The predicted molar refractivity (Wildman–Crippen MR) is 30.3 cm³/mol. The Bertz CT molecular complexity index is 171. The fourth-order valence-electron chi connectivity index (χ4n) is 0.422. The SMILES string of the molecule is O=P1(Cl)OCC(F)(F)CO1. The molecule has 0 aliphatic carbocycles. The van der Waals surface area contributed by atoms with Gasteiger partial charge in [0, 0.05) is 11.2 Å². The molecule has 0 radical (unpaired) electrons. The standard InChI is InChI=1S/C3H4ClF2O3P/c4-10(7)8-1-3(5,6)2-9-10/h1-2H2. The molecule has 1 fully saturated rings. The van der Waals surface area contributed by atoms with E-state index in [4.69, 9.17) is 11.2 Å². The summed E-state index contributed by atoms with van der Waals surface area (Å²) in [4.78, 5) is 0. The number of hydrogen-bond acceptors (Lipinski definition) is 3. The average Bonchev–Trinajstić information content (AvgIpc) is 1.79. The molecule has 0 spiro atoms. The maximum absolute atomic E-state index is 12.1. The van der Waals surface area contributed by atoms with Crippen molar-refractivity contribution in [3.8, 4) is 0 Å². The summed E-state index contributed by atoms with van der Waals surface area (Å²) in [6.07, 6.45) is 0. The zero-order valence-electron chi connectivity index (χ0n) is 4.72. The molecule has 3 nitrogen and oxygen atoms in total. The predicted octanol–water partition coefficient (Wildman–Crippen LogP) is 2.02. The summed E-state index contributed by atoms with van der Waals surface area (Å²) >= 11 is 4.98. The van der Waals surface area contributed by atoms with Crippen LogP contribution in [0.3, 0.4) is 0 Å². The van der Waals surface area contributed by atoms with Crippen LogP contribution in [-0.2, 0) is 13.6 Å². The summed E-state index contributed by atoms with van der Waals surface area (Å²) in [6, 6.07) is 0. The van der Waals surface area contributed by atoms with Crippen molar-refractivity contribution >= 4 is 18.2 Å². The van der Waals surface area contributed by atoms with Crippen LogP contribution in [0.25, 0.3) is 0 Å². The maximum Gasteiger partial charge on any atom is 0.424 e. The van der Waals surface area contributed by atoms with Crippen LogP contribution < -0.4 is 0 Å².